The third-order valence-electron chi connectivity index (χ3n) is 4.60. The summed E-state index contributed by atoms with van der Waals surface area (Å²) in [6, 6.07) is 11.7. The van der Waals surface area contributed by atoms with E-state index in [2.05, 4.69) is 26.4 Å². The van der Waals surface area contributed by atoms with Crippen LogP contribution >= 0.6 is 15.9 Å². The monoisotopic (exact) mass is 468 g/mol. The highest BCUT2D eigenvalue weighted by Gasteiger charge is 2.44. The van der Waals surface area contributed by atoms with Crippen molar-refractivity contribution in [3.05, 3.63) is 75.4 Å². The van der Waals surface area contributed by atoms with Crippen LogP contribution in [0.5, 0.6) is 0 Å². The lowest BCUT2D eigenvalue weighted by Crippen LogP contribution is -2.45. The van der Waals surface area contributed by atoms with Crippen molar-refractivity contribution in [1.82, 2.24) is 10.5 Å². The topological polar surface area (TPSA) is 75.4 Å². The van der Waals surface area contributed by atoms with Crippen LogP contribution in [-0.2, 0) is 11.7 Å². The summed E-state index contributed by atoms with van der Waals surface area (Å²) in [5.41, 5.74) is -1.94. The second-order valence-corrected chi connectivity index (χ2v) is 7.49. The quantitative estimate of drug-likeness (QED) is 0.495. The molecule has 0 bridgehead atoms. The van der Waals surface area contributed by atoms with Crippen molar-refractivity contribution in [2.24, 2.45) is 0 Å². The second kappa shape index (κ2) is 7.55. The van der Waals surface area contributed by atoms with Crippen molar-refractivity contribution in [1.29, 1.82) is 0 Å². The summed E-state index contributed by atoms with van der Waals surface area (Å²) in [5.74, 6) is 0.184. The van der Waals surface area contributed by atoms with Crippen molar-refractivity contribution < 1.29 is 27.6 Å². The zero-order valence-corrected chi connectivity index (χ0v) is 16.9. The van der Waals surface area contributed by atoms with Gasteiger partial charge in [0.15, 0.2) is 5.76 Å². The summed E-state index contributed by atoms with van der Waals surface area (Å²) in [7, 11) is 0. The maximum Gasteiger partial charge on any atom is 0.416 e. The Morgan fingerprint density at radius 3 is 2.24 bits per heavy atom. The van der Waals surface area contributed by atoms with E-state index in [9.17, 15) is 23.1 Å². The second-order valence-electron chi connectivity index (χ2n) is 6.58. The van der Waals surface area contributed by atoms with Crippen molar-refractivity contribution >= 4 is 22.0 Å². The van der Waals surface area contributed by atoms with E-state index in [1.54, 1.807) is 31.2 Å². The fourth-order valence-corrected chi connectivity index (χ4v) is 3.67. The van der Waals surface area contributed by atoms with E-state index in [1.807, 2.05) is 0 Å². The Bertz CT molecular complexity index is 1050. The van der Waals surface area contributed by atoms with Crippen molar-refractivity contribution in [2.75, 3.05) is 0 Å². The smallest absolute Gasteiger partial charge is 0.416 e. The van der Waals surface area contributed by atoms with Gasteiger partial charge in [-0.2, -0.15) is 13.2 Å². The molecule has 0 radical (unpaired) electrons. The summed E-state index contributed by atoms with van der Waals surface area (Å²) in [5, 5.41) is 15.6. The molecule has 2 N–H and O–H groups in total. The molecule has 0 saturated carbocycles. The van der Waals surface area contributed by atoms with E-state index in [0.717, 1.165) is 10.5 Å². The fourth-order valence-electron chi connectivity index (χ4n) is 3.40. The summed E-state index contributed by atoms with van der Waals surface area (Å²) in [6.45, 7) is 2.92. The average Bonchev–Trinajstić information content (AvgIpc) is 3.03. The van der Waals surface area contributed by atoms with Crippen LogP contribution in [0.25, 0.3) is 11.3 Å². The molecule has 5 nitrogen and oxygen atoms in total. The summed E-state index contributed by atoms with van der Waals surface area (Å²) in [4.78, 5) is 11.6. The minimum Gasteiger partial charge on any atom is -0.465 e. The van der Waals surface area contributed by atoms with Gasteiger partial charge in [0, 0.05) is 10.0 Å². The molecule has 0 fully saturated rings. The van der Waals surface area contributed by atoms with Crippen LogP contribution in [0.3, 0.4) is 0 Å². The molecule has 1 atom stereocenters. The molecule has 1 heterocycles. The summed E-state index contributed by atoms with van der Waals surface area (Å²) >= 11 is 3.32. The van der Waals surface area contributed by atoms with Gasteiger partial charge in [0.25, 0.3) is 0 Å². The molecule has 2 aromatic carbocycles. The maximum atomic E-state index is 13.7. The standard InChI is InChI=1S/C20H16BrF3N2O3/c1-11-16(17(29-26-11)12-7-9-13(21)10-8-12)19(2,25-18(27)28)14-5-3-4-6-15(14)20(22,23)24/h3-10,25H,1-2H3,(H,27,28). The minimum absolute atomic E-state index is 0.184. The zero-order chi connectivity index (χ0) is 21.4. The predicted molar refractivity (Wildman–Crippen MR) is 103 cm³/mol. The van der Waals surface area contributed by atoms with Crippen LogP contribution in [0.2, 0.25) is 0 Å². The van der Waals surface area contributed by atoms with Crippen LogP contribution in [0.15, 0.2) is 57.5 Å². The third-order valence-corrected chi connectivity index (χ3v) is 5.13. The van der Waals surface area contributed by atoms with Crippen LogP contribution in [0.1, 0.15) is 29.3 Å². The van der Waals surface area contributed by atoms with Crippen LogP contribution in [-0.4, -0.2) is 16.4 Å². The predicted octanol–water partition coefficient (Wildman–Crippen LogP) is 5.96. The molecule has 0 aliphatic heterocycles. The van der Waals surface area contributed by atoms with Gasteiger partial charge in [-0.05, 0) is 37.6 Å². The van der Waals surface area contributed by atoms with Crippen LogP contribution in [0.4, 0.5) is 18.0 Å². The number of carboxylic acid groups (broad SMARTS) is 1. The van der Waals surface area contributed by atoms with Crippen LogP contribution in [0, 0.1) is 6.92 Å². The molecule has 9 heteroatoms. The number of aryl methyl sites for hydroxylation is 1. The molecular weight excluding hydrogens is 453 g/mol. The number of nitrogens with one attached hydrogen (secondary N) is 1. The number of nitrogens with zero attached hydrogens (tertiary/aromatic N) is 1. The SMILES string of the molecule is Cc1noc(-c2ccc(Br)cc2)c1C(C)(NC(=O)O)c1ccccc1C(F)(F)F. The normalized spacial score (nSPS) is 13.7. The molecule has 0 saturated heterocycles. The Balaban J connectivity index is 2.32. The van der Waals surface area contributed by atoms with Gasteiger partial charge in [0.1, 0.15) is 0 Å². The number of carbonyl (C=O) groups is 1. The zero-order valence-electron chi connectivity index (χ0n) is 15.3. The van der Waals surface area contributed by atoms with Crippen molar-refractivity contribution in [2.45, 2.75) is 25.6 Å². The Labute approximate surface area is 172 Å². The Morgan fingerprint density at radius 1 is 1.10 bits per heavy atom. The number of alkyl halides is 3. The van der Waals surface area contributed by atoms with Gasteiger partial charge >= 0.3 is 12.3 Å². The lowest BCUT2D eigenvalue weighted by Gasteiger charge is -2.32. The van der Waals surface area contributed by atoms with E-state index in [1.165, 1.54) is 25.1 Å². The van der Waals surface area contributed by atoms with Gasteiger partial charge in [0.2, 0.25) is 0 Å². The lowest BCUT2D eigenvalue weighted by molar-refractivity contribution is -0.138. The first-order valence-electron chi connectivity index (χ1n) is 8.44. The molecule has 0 aliphatic rings. The summed E-state index contributed by atoms with van der Waals surface area (Å²) < 4.78 is 47.3. The first-order valence-corrected chi connectivity index (χ1v) is 9.24. The summed E-state index contributed by atoms with van der Waals surface area (Å²) in [6.07, 6.45) is -6.16. The number of benzene rings is 2. The molecule has 29 heavy (non-hydrogen) atoms. The number of hydrogen-bond acceptors (Lipinski definition) is 3. The van der Waals surface area contributed by atoms with Gasteiger partial charge in [-0.25, -0.2) is 4.79 Å². The van der Waals surface area contributed by atoms with Gasteiger partial charge in [-0.15, -0.1) is 0 Å². The average molecular weight is 469 g/mol. The Kier molecular flexibility index (Phi) is 5.44. The van der Waals surface area contributed by atoms with Gasteiger partial charge in [0.05, 0.1) is 22.4 Å². The first kappa shape index (κ1) is 20.9. The molecule has 0 spiro atoms. The van der Waals surface area contributed by atoms with Crippen LogP contribution < -0.4 is 5.32 Å². The Hall–Kier alpha value is -2.81. The largest absolute Gasteiger partial charge is 0.465 e. The highest BCUT2D eigenvalue weighted by Crippen LogP contribution is 2.43. The molecule has 3 rings (SSSR count). The lowest BCUT2D eigenvalue weighted by atomic mass is 9.80. The van der Waals surface area contributed by atoms with Crippen molar-refractivity contribution in [3.8, 4) is 11.3 Å². The number of aromatic nitrogens is 1. The Morgan fingerprint density at radius 2 is 1.69 bits per heavy atom. The highest BCUT2D eigenvalue weighted by atomic mass is 79.9. The molecule has 1 amide bonds. The van der Waals surface area contributed by atoms with Gasteiger partial charge in [-0.3, -0.25) is 0 Å². The van der Waals surface area contributed by atoms with E-state index in [-0.39, 0.29) is 22.6 Å². The highest BCUT2D eigenvalue weighted by molar-refractivity contribution is 9.10. The minimum atomic E-state index is -4.68. The number of hydrogen-bond donors (Lipinski definition) is 2. The molecule has 1 unspecified atom stereocenters. The van der Waals surface area contributed by atoms with Gasteiger partial charge < -0.3 is 14.9 Å². The first-order chi connectivity index (χ1) is 13.5. The molecule has 1 aromatic heterocycles. The number of rotatable bonds is 4. The number of halogens is 4. The molecule has 152 valence electrons. The molecule has 3 aromatic rings. The fraction of sp³-hybridized carbons (Fsp3) is 0.200. The van der Waals surface area contributed by atoms with E-state index >= 15 is 0 Å². The van der Waals surface area contributed by atoms with Gasteiger partial charge in [-0.1, -0.05) is 51.4 Å². The van der Waals surface area contributed by atoms with Crippen molar-refractivity contribution in [3.63, 3.8) is 0 Å². The van der Waals surface area contributed by atoms with E-state index in [0.29, 0.717) is 5.56 Å². The number of amides is 1. The molecule has 0 aliphatic carbocycles. The third kappa shape index (κ3) is 4.00. The van der Waals surface area contributed by atoms with E-state index in [4.69, 9.17) is 4.52 Å². The molecular formula is C20H16BrF3N2O3. The van der Waals surface area contributed by atoms with E-state index < -0.39 is 23.4 Å². The maximum absolute atomic E-state index is 13.7.